The SMILES string of the molecule is CN(CC(=O)N(Cc1ccccc1)C(C(=O)NCCN1CCOCC1)c1ccccc1)S(C)(=O)=O. The van der Waals surface area contributed by atoms with Gasteiger partial charge in [-0.05, 0) is 11.1 Å². The van der Waals surface area contributed by atoms with Gasteiger partial charge in [0, 0.05) is 39.8 Å². The van der Waals surface area contributed by atoms with Gasteiger partial charge in [0.15, 0.2) is 0 Å². The van der Waals surface area contributed by atoms with Crippen LogP contribution in [0.1, 0.15) is 17.2 Å². The van der Waals surface area contributed by atoms with Crippen LogP contribution in [-0.4, -0.2) is 93.6 Å². The van der Waals surface area contributed by atoms with Gasteiger partial charge in [-0.1, -0.05) is 60.7 Å². The predicted molar refractivity (Wildman–Crippen MR) is 134 cm³/mol. The van der Waals surface area contributed by atoms with Crippen LogP contribution in [0.15, 0.2) is 60.7 Å². The summed E-state index contributed by atoms with van der Waals surface area (Å²) in [6.07, 6.45) is 1.05. The molecule has 2 amide bonds. The molecule has 3 rings (SSSR count). The van der Waals surface area contributed by atoms with E-state index in [4.69, 9.17) is 4.74 Å². The summed E-state index contributed by atoms with van der Waals surface area (Å²) >= 11 is 0. The molecule has 1 aliphatic rings. The fraction of sp³-hybridized carbons (Fsp3) is 0.440. The third-order valence-electron chi connectivity index (χ3n) is 5.95. The maximum atomic E-state index is 13.5. The Hall–Kier alpha value is -2.79. The number of hydrogen-bond donors (Lipinski definition) is 1. The normalized spacial score (nSPS) is 15.5. The van der Waals surface area contributed by atoms with E-state index in [1.54, 1.807) is 12.1 Å². The van der Waals surface area contributed by atoms with Crippen molar-refractivity contribution in [2.75, 3.05) is 59.2 Å². The quantitative estimate of drug-likeness (QED) is 0.494. The van der Waals surface area contributed by atoms with Gasteiger partial charge in [0.2, 0.25) is 21.8 Å². The monoisotopic (exact) mass is 502 g/mol. The summed E-state index contributed by atoms with van der Waals surface area (Å²) < 4.78 is 30.3. The number of carbonyl (C=O) groups is 2. The number of sulfonamides is 1. The molecule has 1 fully saturated rings. The van der Waals surface area contributed by atoms with Gasteiger partial charge in [-0.2, -0.15) is 4.31 Å². The third kappa shape index (κ3) is 8.14. The van der Waals surface area contributed by atoms with Gasteiger partial charge in [-0.25, -0.2) is 8.42 Å². The Morgan fingerprint density at radius 3 is 2.23 bits per heavy atom. The van der Waals surface area contributed by atoms with Gasteiger partial charge < -0.3 is 15.0 Å². The molecule has 1 heterocycles. The molecule has 0 bridgehead atoms. The average Bonchev–Trinajstić information content (AvgIpc) is 2.85. The number of morpholine rings is 1. The number of amides is 2. The molecule has 0 radical (unpaired) electrons. The fourth-order valence-electron chi connectivity index (χ4n) is 3.87. The van der Waals surface area contributed by atoms with Crippen LogP contribution in [0.5, 0.6) is 0 Å². The van der Waals surface area contributed by atoms with E-state index in [1.165, 1.54) is 11.9 Å². The maximum absolute atomic E-state index is 13.5. The molecule has 0 saturated carbocycles. The van der Waals surface area contributed by atoms with Crippen molar-refractivity contribution in [3.63, 3.8) is 0 Å². The molecule has 0 spiro atoms. The first-order valence-electron chi connectivity index (χ1n) is 11.6. The highest BCUT2D eigenvalue weighted by Gasteiger charge is 2.32. The lowest BCUT2D eigenvalue weighted by molar-refractivity contribution is -0.141. The second kappa shape index (κ2) is 12.8. The second-order valence-corrected chi connectivity index (χ2v) is 10.7. The van der Waals surface area contributed by atoms with Gasteiger partial charge in [0.05, 0.1) is 26.0 Å². The second-order valence-electron chi connectivity index (χ2n) is 8.58. The van der Waals surface area contributed by atoms with Crippen LogP contribution in [0, 0.1) is 0 Å². The van der Waals surface area contributed by atoms with Crippen LogP contribution in [0.2, 0.25) is 0 Å². The van der Waals surface area contributed by atoms with E-state index in [2.05, 4.69) is 10.2 Å². The zero-order valence-electron chi connectivity index (χ0n) is 20.3. The van der Waals surface area contributed by atoms with E-state index >= 15 is 0 Å². The molecule has 190 valence electrons. The largest absolute Gasteiger partial charge is 0.379 e. The van der Waals surface area contributed by atoms with Gasteiger partial charge in [0.1, 0.15) is 6.04 Å². The molecule has 2 aromatic carbocycles. The Labute approximate surface area is 207 Å². The first kappa shape index (κ1) is 26.8. The van der Waals surface area contributed by atoms with E-state index in [0.29, 0.717) is 31.9 Å². The van der Waals surface area contributed by atoms with Crippen molar-refractivity contribution in [2.45, 2.75) is 12.6 Å². The van der Waals surface area contributed by atoms with Crippen LogP contribution in [0.4, 0.5) is 0 Å². The molecular weight excluding hydrogens is 468 g/mol. The summed E-state index contributed by atoms with van der Waals surface area (Å²) in [5, 5.41) is 2.99. The molecule has 0 aromatic heterocycles. The molecule has 0 aliphatic carbocycles. The zero-order chi connectivity index (χ0) is 25.3. The van der Waals surface area contributed by atoms with Gasteiger partial charge in [-0.3, -0.25) is 14.5 Å². The summed E-state index contributed by atoms with van der Waals surface area (Å²) in [7, 11) is -2.22. The molecule has 1 unspecified atom stereocenters. The number of nitrogens with zero attached hydrogens (tertiary/aromatic N) is 3. The van der Waals surface area contributed by atoms with Gasteiger partial charge in [-0.15, -0.1) is 0 Å². The molecule has 1 atom stereocenters. The van der Waals surface area contributed by atoms with Crippen molar-refractivity contribution < 1.29 is 22.7 Å². The van der Waals surface area contributed by atoms with Crippen molar-refractivity contribution in [1.29, 1.82) is 0 Å². The first-order valence-corrected chi connectivity index (χ1v) is 13.5. The van der Waals surface area contributed by atoms with Gasteiger partial charge >= 0.3 is 0 Å². The fourth-order valence-corrected chi connectivity index (χ4v) is 4.21. The molecule has 35 heavy (non-hydrogen) atoms. The minimum absolute atomic E-state index is 0.160. The van der Waals surface area contributed by atoms with Crippen molar-refractivity contribution >= 4 is 21.8 Å². The molecule has 9 nitrogen and oxygen atoms in total. The van der Waals surface area contributed by atoms with Crippen molar-refractivity contribution in [3.8, 4) is 0 Å². The molecule has 1 saturated heterocycles. The average molecular weight is 503 g/mol. The number of nitrogens with one attached hydrogen (secondary N) is 1. The lowest BCUT2D eigenvalue weighted by atomic mass is 10.0. The van der Waals surface area contributed by atoms with E-state index in [-0.39, 0.29) is 19.0 Å². The summed E-state index contributed by atoms with van der Waals surface area (Å²) in [5.74, 6) is -0.769. The number of carbonyl (C=O) groups excluding carboxylic acids is 2. The Morgan fingerprint density at radius 2 is 1.63 bits per heavy atom. The summed E-state index contributed by atoms with van der Waals surface area (Å²) in [4.78, 5) is 30.7. The zero-order valence-corrected chi connectivity index (χ0v) is 21.1. The van der Waals surface area contributed by atoms with Crippen molar-refractivity contribution in [1.82, 2.24) is 19.4 Å². The highest BCUT2D eigenvalue weighted by Crippen LogP contribution is 2.24. The van der Waals surface area contributed by atoms with Crippen LogP contribution in [0.3, 0.4) is 0 Å². The first-order chi connectivity index (χ1) is 16.8. The smallest absolute Gasteiger partial charge is 0.247 e. The molecule has 2 aromatic rings. The van der Waals surface area contributed by atoms with Crippen molar-refractivity contribution in [3.05, 3.63) is 71.8 Å². The van der Waals surface area contributed by atoms with Crippen LogP contribution < -0.4 is 5.32 Å². The molecule has 1 aliphatic heterocycles. The highest BCUT2D eigenvalue weighted by atomic mass is 32.2. The van der Waals surface area contributed by atoms with E-state index < -0.39 is 22.0 Å². The van der Waals surface area contributed by atoms with E-state index in [1.807, 2.05) is 48.5 Å². The number of hydrogen-bond acceptors (Lipinski definition) is 6. The van der Waals surface area contributed by atoms with E-state index in [9.17, 15) is 18.0 Å². The Kier molecular flexibility index (Phi) is 9.79. The summed E-state index contributed by atoms with van der Waals surface area (Å²) in [6, 6.07) is 17.5. The lowest BCUT2D eigenvalue weighted by Crippen LogP contribution is -2.48. The predicted octanol–water partition coefficient (Wildman–Crippen LogP) is 1.10. The van der Waals surface area contributed by atoms with E-state index in [0.717, 1.165) is 29.2 Å². The number of ether oxygens (including phenoxy) is 1. The molecule has 10 heteroatoms. The topological polar surface area (TPSA) is 99.3 Å². The van der Waals surface area contributed by atoms with Crippen molar-refractivity contribution in [2.24, 2.45) is 0 Å². The number of likely N-dealkylation sites (N-methyl/N-ethyl adjacent to an activating group) is 1. The maximum Gasteiger partial charge on any atom is 0.247 e. The van der Waals surface area contributed by atoms with Crippen LogP contribution in [0.25, 0.3) is 0 Å². The lowest BCUT2D eigenvalue weighted by Gasteiger charge is -2.33. The molecule has 1 N–H and O–H groups in total. The standard InChI is InChI=1S/C25H34N4O5S/c1-27(35(2,32)33)20-23(30)29(19-21-9-5-3-6-10-21)24(22-11-7-4-8-12-22)25(31)26-13-14-28-15-17-34-18-16-28/h3-12,24H,13-20H2,1-2H3,(H,26,31). The number of benzene rings is 2. The van der Waals surface area contributed by atoms with Crippen LogP contribution >= 0.6 is 0 Å². The number of rotatable bonds is 11. The minimum Gasteiger partial charge on any atom is -0.379 e. The Balaban J connectivity index is 1.86. The highest BCUT2D eigenvalue weighted by molar-refractivity contribution is 7.88. The Morgan fingerprint density at radius 1 is 1.03 bits per heavy atom. The summed E-state index contributed by atoms with van der Waals surface area (Å²) in [6.45, 7) is 3.88. The van der Waals surface area contributed by atoms with Gasteiger partial charge in [0.25, 0.3) is 0 Å². The Bertz CT molecular complexity index is 1060. The van der Waals surface area contributed by atoms with Crippen LogP contribution in [-0.2, 0) is 30.9 Å². The minimum atomic E-state index is -3.57. The third-order valence-corrected chi connectivity index (χ3v) is 7.21. The molecular formula is C25H34N4O5S. The summed E-state index contributed by atoms with van der Waals surface area (Å²) in [5.41, 5.74) is 1.49.